The Morgan fingerprint density at radius 2 is 1.86 bits per heavy atom. The molecule has 2 aromatic rings. The summed E-state index contributed by atoms with van der Waals surface area (Å²) in [7, 11) is -3.82. The first-order valence-electron chi connectivity index (χ1n) is 6.22. The first kappa shape index (κ1) is 17.0. The van der Waals surface area contributed by atoms with Crippen LogP contribution in [0.15, 0.2) is 47.4 Å². The van der Waals surface area contributed by atoms with Gasteiger partial charge >= 0.3 is 0 Å². The van der Waals surface area contributed by atoms with E-state index in [0.717, 1.165) is 0 Å². The zero-order valence-corrected chi connectivity index (χ0v) is 13.6. The van der Waals surface area contributed by atoms with Crippen molar-refractivity contribution < 1.29 is 17.5 Å². The van der Waals surface area contributed by atoms with Crippen LogP contribution in [0.2, 0.25) is 10.0 Å². The molecule has 0 aromatic heterocycles. The van der Waals surface area contributed by atoms with Crippen LogP contribution in [0.1, 0.15) is 0 Å². The average molecular weight is 364 g/mol. The summed E-state index contributed by atoms with van der Waals surface area (Å²) >= 11 is 11.6. The molecule has 0 bridgehead atoms. The fraction of sp³-hybridized carbons (Fsp3) is 0.143. The molecule has 2 rings (SSSR count). The van der Waals surface area contributed by atoms with Gasteiger partial charge in [-0.15, -0.1) is 0 Å². The highest BCUT2D eigenvalue weighted by atomic mass is 35.5. The lowest BCUT2D eigenvalue weighted by atomic mass is 10.3. The van der Waals surface area contributed by atoms with Crippen molar-refractivity contribution in [2.24, 2.45) is 0 Å². The molecule has 2 aromatic carbocycles. The average Bonchev–Trinajstić information content (AvgIpc) is 2.48. The number of hydrogen-bond acceptors (Lipinski definition) is 3. The molecule has 0 spiro atoms. The van der Waals surface area contributed by atoms with Gasteiger partial charge < -0.3 is 4.74 Å². The molecular weight excluding hydrogens is 352 g/mol. The Bertz CT molecular complexity index is 768. The van der Waals surface area contributed by atoms with Crippen LogP contribution in [-0.4, -0.2) is 21.6 Å². The van der Waals surface area contributed by atoms with E-state index >= 15 is 0 Å². The number of sulfonamides is 1. The zero-order chi connectivity index (χ0) is 16.2. The van der Waals surface area contributed by atoms with E-state index in [1.807, 2.05) is 0 Å². The summed E-state index contributed by atoms with van der Waals surface area (Å²) in [6, 6.07) is 10.0. The monoisotopic (exact) mass is 363 g/mol. The van der Waals surface area contributed by atoms with E-state index in [2.05, 4.69) is 4.72 Å². The number of para-hydroxylation sites is 1. The fourth-order valence-corrected chi connectivity index (χ4v) is 3.43. The number of hydrogen-bond donors (Lipinski definition) is 1. The molecule has 8 heteroatoms. The van der Waals surface area contributed by atoms with Gasteiger partial charge in [0.1, 0.15) is 11.5 Å². The maximum absolute atomic E-state index is 13.3. The topological polar surface area (TPSA) is 55.4 Å². The highest BCUT2D eigenvalue weighted by molar-refractivity contribution is 7.89. The van der Waals surface area contributed by atoms with E-state index in [9.17, 15) is 12.8 Å². The van der Waals surface area contributed by atoms with E-state index < -0.39 is 15.8 Å². The summed E-state index contributed by atoms with van der Waals surface area (Å²) in [5, 5.41) is 0.319. The summed E-state index contributed by atoms with van der Waals surface area (Å²) in [6.07, 6.45) is 0. The van der Waals surface area contributed by atoms with Crippen LogP contribution in [0.25, 0.3) is 0 Å². The molecule has 0 unspecified atom stereocenters. The largest absolute Gasteiger partial charge is 0.489 e. The molecule has 0 fully saturated rings. The van der Waals surface area contributed by atoms with Gasteiger partial charge in [-0.3, -0.25) is 0 Å². The van der Waals surface area contributed by atoms with Crippen LogP contribution in [-0.2, 0) is 10.0 Å². The molecule has 0 saturated carbocycles. The van der Waals surface area contributed by atoms with Crippen LogP contribution >= 0.6 is 23.2 Å². The van der Waals surface area contributed by atoms with Gasteiger partial charge in [-0.2, -0.15) is 0 Å². The minimum absolute atomic E-state index is 0.0294. The minimum Gasteiger partial charge on any atom is -0.489 e. The maximum Gasteiger partial charge on any atom is 0.242 e. The number of rotatable bonds is 6. The van der Waals surface area contributed by atoms with Crippen molar-refractivity contribution in [1.82, 2.24) is 4.72 Å². The highest BCUT2D eigenvalue weighted by Crippen LogP contribution is 2.24. The van der Waals surface area contributed by atoms with Crippen molar-refractivity contribution in [3.8, 4) is 5.75 Å². The van der Waals surface area contributed by atoms with Gasteiger partial charge in [-0.1, -0.05) is 35.3 Å². The van der Waals surface area contributed by atoms with E-state index in [4.69, 9.17) is 27.9 Å². The van der Waals surface area contributed by atoms with E-state index in [0.29, 0.717) is 0 Å². The Kier molecular flexibility index (Phi) is 5.63. The zero-order valence-electron chi connectivity index (χ0n) is 11.2. The third kappa shape index (κ3) is 4.33. The third-order valence-electron chi connectivity index (χ3n) is 2.67. The molecular formula is C14H12Cl2FNO3S. The quantitative estimate of drug-likeness (QED) is 0.799. The molecule has 0 atom stereocenters. The van der Waals surface area contributed by atoms with Crippen LogP contribution in [0.4, 0.5) is 4.39 Å². The molecule has 0 heterocycles. The molecule has 4 nitrogen and oxygen atoms in total. The summed E-state index contributed by atoms with van der Waals surface area (Å²) in [5.41, 5.74) is 0. The van der Waals surface area contributed by atoms with Crippen molar-refractivity contribution >= 4 is 33.2 Å². The number of halogens is 3. The molecule has 0 radical (unpaired) electrons. The first-order valence-corrected chi connectivity index (χ1v) is 8.46. The Balaban J connectivity index is 1.96. The van der Waals surface area contributed by atoms with E-state index in [1.54, 1.807) is 6.07 Å². The maximum atomic E-state index is 13.3. The van der Waals surface area contributed by atoms with Gasteiger partial charge in [0.05, 0.1) is 5.02 Å². The van der Waals surface area contributed by atoms with Gasteiger partial charge in [0, 0.05) is 11.6 Å². The summed E-state index contributed by atoms with van der Waals surface area (Å²) in [5.74, 6) is -0.453. The number of benzene rings is 2. The smallest absolute Gasteiger partial charge is 0.242 e. The molecule has 0 amide bonds. The Morgan fingerprint density at radius 3 is 2.59 bits per heavy atom. The molecule has 0 aliphatic heterocycles. The number of nitrogens with one attached hydrogen (secondary N) is 1. The number of ether oxygens (including phenoxy) is 1. The summed E-state index contributed by atoms with van der Waals surface area (Å²) in [4.78, 5) is -0.118. The van der Waals surface area contributed by atoms with E-state index in [-0.39, 0.29) is 33.8 Å². The lowest BCUT2D eigenvalue weighted by Gasteiger charge is -2.10. The predicted octanol–water partition coefficient (Wildman–Crippen LogP) is 3.49. The Morgan fingerprint density at radius 1 is 1.14 bits per heavy atom. The first-order chi connectivity index (χ1) is 10.4. The molecule has 1 N–H and O–H groups in total. The second-order valence-corrected chi connectivity index (χ2v) is 6.83. The molecule has 0 aliphatic rings. The second-order valence-electron chi connectivity index (χ2n) is 4.25. The van der Waals surface area contributed by atoms with Gasteiger partial charge in [-0.25, -0.2) is 17.5 Å². The lowest BCUT2D eigenvalue weighted by Crippen LogP contribution is -2.28. The van der Waals surface area contributed by atoms with Crippen molar-refractivity contribution in [3.05, 3.63) is 58.3 Å². The van der Waals surface area contributed by atoms with Gasteiger partial charge in [0.15, 0.2) is 11.6 Å². The molecule has 118 valence electrons. The molecule has 22 heavy (non-hydrogen) atoms. The highest BCUT2D eigenvalue weighted by Gasteiger charge is 2.18. The molecule has 0 aliphatic carbocycles. The standard InChI is InChI=1S/C14H12Cl2FNO3S/c15-10-5-6-11(16)14(9-10)22(19,20)18-7-8-21-13-4-2-1-3-12(13)17/h1-6,9,18H,7-8H2. The van der Waals surface area contributed by atoms with Crippen molar-refractivity contribution in [1.29, 1.82) is 0 Å². The SMILES string of the molecule is O=S(=O)(NCCOc1ccccc1F)c1cc(Cl)ccc1Cl. The Labute approximate surface area is 137 Å². The second kappa shape index (κ2) is 7.28. The van der Waals surface area contributed by atoms with Gasteiger partial charge in [0.25, 0.3) is 0 Å². The Hall–Kier alpha value is -1.34. The van der Waals surface area contributed by atoms with E-state index in [1.165, 1.54) is 36.4 Å². The minimum atomic E-state index is -3.82. The van der Waals surface area contributed by atoms with Crippen LogP contribution in [0.3, 0.4) is 0 Å². The van der Waals surface area contributed by atoms with Gasteiger partial charge in [-0.05, 0) is 30.3 Å². The van der Waals surface area contributed by atoms with Crippen molar-refractivity contribution in [2.45, 2.75) is 4.90 Å². The lowest BCUT2D eigenvalue weighted by molar-refractivity contribution is 0.306. The molecule has 0 saturated heterocycles. The van der Waals surface area contributed by atoms with Crippen LogP contribution in [0, 0.1) is 5.82 Å². The summed E-state index contributed by atoms with van der Waals surface area (Å²) in [6.45, 7) is -0.0716. The van der Waals surface area contributed by atoms with Crippen molar-refractivity contribution in [3.63, 3.8) is 0 Å². The van der Waals surface area contributed by atoms with Crippen LogP contribution < -0.4 is 9.46 Å². The van der Waals surface area contributed by atoms with Crippen molar-refractivity contribution in [2.75, 3.05) is 13.2 Å². The summed E-state index contributed by atoms with van der Waals surface area (Å²) < 4.78 is 45.0. The van der Waals surface area contributed by atoms with Crippen LogP contribution in [0.5, 0.6) is 5.75 Å². The normalized spacial score (nSPS) is 11.4. The third-order valence-corrected chi connectivity index (χ3v) is 4.85. The predicted molar refractivity (Wildman–Crippen MR) is 83.5 cm³/mol. The van der Waals surface area contributed by atoms with Gasteiger partial charge in [0.2, 0.25) is 10.0 Å². The fourth-order valence-electron chi connectivity index (χ4n) is 1.66.